The van der Waals surface area contributed by atoms with Gasteiger partial charge in [-0.1, -0.05) is 50.1 Å². The Morgan fingerprint density at radius 2 is 1.88 bits per heavy atom. The molecule has 0 saturated heterocycles. The topological polar surface area (TPSA) is 17.8 Å². The molecule has 0 aliphatic heterocycles. The summed E-state index contributed by atoms with van der Waals surface area (Å²) in [7, 11) is 0. The normalized spacial score (nSPS) is 10.6. The first-order valence-corrected chi connectivity index (χ1v) is 6.43. The minimum Gasteiger partial charge on any atom is -0.272 e. The van der Waals surface area contributed by atoms with Gasteiger partial charge in [-0.2, -0.15) is 5.10 Å². The van der Waals surface area contributed by atoms with Gasteiger partial charge in [0.1, 0.15) is 0 Å². The molecule has 0 bridgehead atoms. The van der Waals surface area contributed by atoms with Crippen molar-refractivity contribution in [3.05, 3.63) is 53.9 Å². The lowest BCUT2D eigenvalue weighted by Gasteiger charge is -1.99. The van der Waals surface area contributed by atoms with E-state index in [0.717, 1.165) is 13.0 Å². The van der Waals surface area contributed by atoms with Gasteiger partial charge in [-0.05, 0) is 17.5 Å². The molecule has 2 heteroatoms. The zero-order valence-corrected chi connectivity index (χ0v) is 10.5. The second-order valence-corrected chi connectivity index (χ2v) is 4.48. The van der Waals surface area contributed by atoms with Crippen LogP contribution in [-0.4, -0.2) is 9.78 Å². The zero-order valence-electron chi connectivity index (χ0n) is 10.5. The highest BCUT2D eigenvalue weighted by Gasteiger charge is 1.99. The number of unbranched alkanes of at least 4 members (excludes halogenated alkanes) is 2. The number of rotatable bonds is 6. The van der Waals surface area contributed by atoms with E-state index in [1.165, 1.54) is 30.4 Å². The summed E-state index contributed by atoms with van der Waals surface area (Å²) in [6.07, 6.45) is 8.91. The maximum atomic E-state index is 4.40. The Morgan fingerprint density at radius 1 is 1.06 bits per heavy atom. The molecular formula is C15H20N2. The van der Waals surface area contributed by atoms with E-state index in [4.69, 9.17) is 0 Å². The molecule has 2 nitrogen and oxygen atoms in total. The number of hydrogen-bond donors (Lipinski definition) is 0. The van der Waals surface area contributed by atoms with Gasteiger partial charge in [-0.25, -0.2) is 0 Å². The van der Waals surface area contributed by atoms with E-state index in [0.29, 0.717) is 0 Å². The van der Waals surface area contributed by atoms with Crippen molar-refractivity contribution in [3.8, 4) is 0 Å². The summed E-state index contributed by atoms with van der Waals surface area (Å²) in [5.41, 5.74) is 2.65. The lowest BCUT2D eigenvalue weighted by atomic mass is 10.1. The quantitative estimate of drug-likeness (QED) is 0.690. The summed E-state index contributed by atoms with van der Waals surface area (Å²) in [5, 5.41) is 4.40. The highest BCUT2D eigenvalue weighted by Crippen LogP contribution is 2.08. The van der Waals surface area contributed by atoms with Crippen molar-refractivity contribution in [1.29, 1.82) is 0 Å². The maximum Gasteiger partial charge on any atom is 0.0525 e. The van der Waals surface area contributed by atoms with Gasteiger partial charge in [-0.3, -0.25) is 4.68 Å². The molecule has 0 fully saturated rings. The fourth-order valence-electron chi connectivity index (χ4n) is 1.98. The van der Waals surface area contributed by atoms with Crippen molar-refractivity contribution in [3.63, 3.8) is 0 Å². The van der Waals surface area contributed by atoms with Crippen LogP contribution >= 0.6 is 0 Å². The predicted octanol–water partition coefficient (Wildman–Crippen LogP) is 3.66. The number of aromatic nitrogens is 2. The highest BCUT2D eigenvalue weighted by atomic mass is 15.3. The number of benzene rings is 1. The van der Waals surface area contributed by atoms with Gasteiger partial charge in [0.25, 0.3) is 0 Å². The SMILES string of the molecule is CCCCCn1cc(Cc2ccccc2)cn1. The van der Waals surface area contributed by atoms with Crippen LogP contribution in [0.3, 0.4) is 0 Å². The molecule has 0 atom stereocenters. The molecule has 2 rings (SSSR count). The van der Waals surface area contributed by atoms with Crippen LogP contribution in [-0.2, 0) is 13.0 Å². The van der Waals surface area contributed by atoms with Crippen LogP contribution < -0.4 is 0 Å². The lowest BCUT2D eigenvalue weighted by molar-refractivity contribution is 0.553. The molecule has 0 radical (unpaired) electrons. The van der Waals surface area contributed by atoms with Crippen molar-refractivity contribution < 1.29 is 0 Å². The summed E-state index contributed by atoms with van der Waals surface area (Å²) in [6.45, 7) is 3.27. The minimum atomic E-state index is 0.981. The van der Waals surface area contributed by atoms with Crippen LogP contribution in [0.25, 0.3) is 0 Å². The average molecular weight is 228 g/mol. The van der Waals surface area contributed by atoms with E-state index in [9.17, 15) is 0 Å². The Kier molecular flexibility index (Phi) is 4.37. The minimum absolute atomic E-state index is 0.981. The van der Waals surface area contributed by atoms with Crippen molar-refractivity contribution >= 4 is 0 Å². The fourth-order valence-corrected chi connectivity index (χ4v) is 1.98. The van der Waals surface area contributed by atoms with Crippen molar-refractivity contribution in [2.75, 3.05) is 0 Å². The Bertz CT molecular complexity index is 431. The van der Waals surface area contributed by atoms with Gasteiger partial charge < -0.3 is 0 Å². The van der Waals surface area contributed by atoms with Gasteiger partial charge in [-0.15, -0.1) is 0 Å². The molecule has 0 aliphatic carbocycles. The predicted molar refractivity (Wildman–Crippen MR) is 71.0 cm³/mol. The first-order chi connectivity index (χ1) is 8.38. The van der Waals surface area contributed by atoms with E-state index < -0.39 is 0 Å². The first kappa shape index (κ1) is 11.9. The molecule has 1 aromatic carbocycles. The summed E-state index contributed by atoms with van der Waals surface area (Å²) in [5.74, 6) is 0. The van der Waals surface area contributed by atoms with Crippen LogP contribution in [0.1, 0.15) is 37.3 Å². The lowest BCUT2D eigenvalue weighted by Crippen LogP contribution is -1.97. The molecule has 0 saturated carbocycles. The first-order valence-electron chi connectivity index (χ1n) is 6.43. The number of hydrogen-bond acceptors (Lipinski definition) is 1. The van der Waals surface area contributed by atoms with Gasteiger partial charge in [0.05, 0.1) is 6.20 Å². The van der Waals surface area contributed by atoms with Gasteiger partial charge in [0.2, 0.25) is 0 Å². The van der Waals surface area contributed by atoms with Crippen LogP contribution in [0.15, 0.2) is 42.7 Å². The third-order valence-corrected chi connectivity index (χ3v) is 2.93. The second kappa shape index (κ2) is 6.24. The van der Waals surface area contributed by atoms with E-state index in [1.807, 2.05) is 6.20 Å². The maximum absolute atomic E-state index is 4.40. The van der Waals surface area contributed by atoms with E-state index in [1.54, 1.807) is 0 Å². The molecule has 1 heterocycles. The second-order valence-electron chi connectivity index (χ2n) is 4.48. The van der Waals surface area contributed by atoms with Crippen molar-refractivity contribution in [2.45, 2.75) is 39.2 Å². The molecule has 0 amide bonds. The summed E-state index contributed by atoms with van der Waals surface area (Å²) >= 11 is 0. The van der Waals surface area contributed by atoms with Crippen molar-refractivity contribution in [2.24, 2.45) is 0 Å². The number of aryl methyl sites for hydroxylation is 1. The summed E-state index contributed by atoms with van der Waals surface area (Å²) < 4.78 is 2.06. The van der Waals surface area contributed by atoms with Gasteiger partial charge in [0.15, 0.2) is 0 Å². The van der Waals surface area contributed by atoms with Crippen LogP contribution in [0.4, 0.5) is 0 Å². The number of nitrogens with zero attached hydrogens (tertiary/aromatic N) is 2. The molecule has 0 spiro atoms. The molecule has 0 unspecified atom stereocenters. The average Bonchev–Trinajstić information content (AvgIpc) is 2.79. The zero-order chi connectivity index (χ0) is 11.9. The van der Waals surface area contributed by atoms with Crippen LogP contribution in [0, 0.1) is 0 Å². The fraction of sp³-hybridized carbons (Fsp3) is 0.400. The standard InChI is InChI=1S/C15H20N2/c1-2-3-7-10-17-13-15(12-16-17)11-14-8-5-4-6-9-14/h4-6,8-9,12-13H,2-3,7,10-11H2,1H3. The summed E-state index contributed by atoms with van der Waals surface area (Å²) in [6, 6.07) is 10.5. The van der Waals surface area contributed by atoms with Crippen LogP contribution in [0.2, 0.25) is 0 Å². The Balaban J connectivity index is 1.90. The Morgan fingerprint density at radius 3 is 2.65 bits per heavy atom. The Hall–Kier alpha value is -1.57. The molecule has 1 aromatic heterocycles. The van der Waals surface area contributed by atoms with Gasteiger partial charge >= 0.3 is 0 Å². The largest absolute Gasteiger partial charge is 0.272 e. The molecule has 0 N–H and O–H groups in total. The van der Waals surface area contributed by atoms with Crippen LogP contribution in [0.5, 0.6) is 0 Å². The summed E-state index contributed by atoms with van der Waals surface area (Å²) in [4.78, 5) is 0. The van der Waals surface area contributed by atoms with E-state index >= 15 is 0 Å². The van der Waals surface area contributed by atoms with E-state index in [2.05, 4.69) is 53.2 Å². The third-order valence-electron chi connectivity index (χ3n) is 2.93. The monoisotopic (exact) mass is 228 g/mol. The smallest absolute Gasteiger partial charge is 0.0525 e. The van der Waals surface area contributed by atoms with Crippen molar-refractivity contribution in [1.82, 2.24) is 9.78 Å². The Labute approximate surface area is 103 Å². The highest BCUT2D eigenvalue weighted by molar-refractivity contribution is 5.22. The molecule has 17 heavy (non-hydrogen) atoms. The van der Waals surface area contributed by atoms with Gasteiger partial charge in [0, 0.05) is 19.2 Å². The molecular weight excluding hydrogens is 208 g/mol. The third kappa shape index (κ3) is 3.74. The molecule has 2 aromatic rings. The molecule has 0 aliphatic rings. The van der Waals surface area contributed by atoms with E-state index in [-0.39, 0.29) is 0 Å². The molecule has 90 valence electrons.